The first kappa shape index (κ1) is 20.6. The molecule has 1 saturated heterocycles. The first-order valence-electron chi connectivity index (χ1n) is 9.71. The molecule has 1 N–H and O–H groups in total. The highest BCUT2D eigenvalue weighted by atomic mass is 32.2. The number of hydrazone groups is 1. The van der Waals surface area contributed by atoms with E-state index in [1.807, 2.05) is 78.5 Å². The van der Waals surface area contributed by atoms with Crippen LogP contribution in [0, 0.1) is 0 Å². The maximum absolute atomic E-state index is 12.3. The Labute approximate surface area is 185 Å². The minimum absolute atomic E-state index is 0.229. The highest BCUT2D eigenvalue weighted by molar-refractivity contribution is 8.00. The molecule has 152 valence electrons. The van der Waals surface area contributed by atoms with Crippen LogP contribution in [-0.2, 0) is 5.75 Å². The summed E-state index contributed by atoms with van der Waals surface area (Å²) in [6.07, 6.45) is 1.93. The van der Waals surface area contributed by atoms with Gasteiger partial charge in [0.15, 0.2) is 0 Å². The Hall–Kier alpha value is -2.70. The summed E-state index contributed by atoms with van der Waals surface area (Å²) in [7, 11) is 0. The average molecular weight is 435 g/mol. The van der Waals surface area contributed by atoms with Gasteiger partial charge >= 0.3 is 0 Å². The molecule has 1 aliphatic rings. The van der Waals surface area contributed by atoms with E-state index in [1.165, 1.54) is 10.5 Å². The Kier molecular flexibility index (Phi) is 7.11. The molecule has 6 heteroatoms. The molecule has 4 rings (SSSR count). The van der Waals surface area contributed by atoms with Crippen molar-refractivity contribution < 1.29 is 9.53 Å². The van der Waals surface area contributed by atoms with Crippen molar-refractivity contribution >= 4 is 35.6 Å². The summed E-state index contributed by atoms with van der Waals surface area (Å²) in [5, 5.41) is 4.08. The van der Waals surface area contributed by atoms with Crippen LogP contribution in [0.2, 0.25) is 0 Å². The molecule has 0 saturated carbocycles. The van der Waals surface area contributed by atoms with E-state index in [9.17, 15) is 4.79 Å². The molecule has 3 aromatic carbocycles. The van der Waals surface area contributed by atoms with Crippen molar-refractivity contribution in [2.75, 3.05) is 11.5 Å². The Morgan fingerprint density at radius 3 is 2.60 bits per heavy atom. The Balaban J connectivity index is 1.27. The van der Waals surface area contributed by atoms with Gasteiger partial charge in [0.25, 0.3) is 5.91 Å². The molecule has 30 heavy (non-hydrogen) atoms. The number of amides is 1. The number of ether oxygens (including phenoxy) is 1. The highest BCUT2D eigenvalue weighted by Gasteiger charge is 2.19. The molecule has 1 fully saturated rings. The molecular weight excluding hydrogens is 412 g/mol. The molecule has 0 unspecified atom stereocenters. The summed E-state index contributed by atoms with van der Waals surface area (Å²) in [4.78, 5) is 13.6. The number of hydrogen-bond acceptors (Lipinski definition) is 5. The third-order valence-electron chi connectivity index (χ3n) is 4.51. The zero-order chi connectivity index (χ0) is 20.6. The molecule has 0 bridgehead atoms. The summed E-state index contributed by atoms with van der Waals surface area (Å²) in [5.74, 6) is 3.55. The molecule has 1 heterocycles. The molecule has 4 nitrogen and oxygen atoms in total. The number of benzene rings is 3. The van der Waals surface area contributed by atoms with Gasteiger partial charge in [-0.25, -0.2) is 5.43 Å². The Bertz CT molecular complexity index is 1000. The summed E-state index contributed by atoms with van der Waals surface area (Å²) < 4.78 is 5.88. The standard InChI is InChI=1S/C24H22N2O2S2/c27-24(20-11-9-18(10-12-20)15-30-23-7-2-1-3-8-23)26-25-14-19-5-4-6-21(13-19)28-22-16-29-17-22/h1-14,22H,15-17H2,(H,26,27)/b25-14-. The van der Waals surface area contributed by atoms with Crippen molar-refractivity contribution in [1.82, 2.24) is 5.43 Å². The van der Waals surface area contributed by atoms with E-state index in [1.54, 1.807) is 18.0 Å². The fourth-order valence-corrected chi connectivity index (χ4v) is 4.25. The maximum atomic E-state index is 12.3. The van der Waals surface area contributed by atoms with Crippen molar-refractivity contribution in [2.24, 2.45) is 5.10 Å². The zero-order valence-electron chi connectivity index (χ0n) is 16.4. The fraction of sp³-hybridized carbons (Fsp3) is 0.167. The molecule has 0 atom stereocenters. The molecule has 1 amide bonds. The summed E-state index contributed by atoms with van der Waals surface area (Å²) in [6, 6.07) is 25.6. The van der Waals surface area contributed by atoms with Crippen LogP contribution in [0.5, 0.6) is 5.75 Å². The molecular formula is C24H22N2O2S2. The molecule has 1 aliphatic heterocycles. The maximum Gasteiger partial charge on any atom is 0.271 e. The van der Waals surface area contributed by atoms with Crippen molar-refractivity contribution in [2.45, 2.75) is 16.8 Å². The van der Waals surface area contributed by atoms with E-state index in [2.05, 4.69) is 22.7 Å². The van der Waals surface area contributed by atoms with Crippen LogP contribution < -0.4 is 10.2 Å². The topological polar surface area (TPSA) is 50.7 Å². The lowest BCUT2D eigenvalue weighted by molar-refractivity contribution is 0.0955. The first-order chi connectivity index (χ1) is 14.8. The van der Waals surface area contributed by atoms with Gasteiger partial charge in [-0.15, -0.1) is 11.8 Å². The van der Waals surface area contributed by atoms with Crippen LogP contribution in [0.25, 0.3) is 0 Å². The van der Waals surface area contributed by atoms with E-state index in [4.69, 9.17) is 4.74 Å². The van der Waals surface area contributed by atoms with E-state index in [0.717, 1.165) is 28.6 Å². The van der Waals surface area contributed by atoms with Gasteiger partial charge in [-0.05, 0) is 47.5 Å². The number of carbonyl (C=O) groups excluding carboxylic acids is 1. The number of thioether (sulfide) groups is 2. The minimum atomic E-state index is -0.229. The van der Waals surface area contributed by atoms with Crippen LogP contribution in [-0.4, -0.2) is 29.7 Å². The van der Waals surface area contributed by atoms with Gasteiger partial charge in [-0.2, -0.15) is 16.9 Å². The number of nitrogens with zero attached hydrogens (tertiary/aromatic N) is 1. The smallest absolute Gasteiger partial charge is 0.271 e. The molecule has 0 aromatic heterocycles. The van der Waals surface area contributed by atoms with Crippen molar-refractivity contribution in [3.63, 3.8) is 0 Å². The third-order valence-corrected chi connectivity index (χ3v) is 6.81. The van der Waals surface area contributed by atoms with Crippen molar-refractivity contribution in [1.29, 1.82) is 0 Å². The van der Waals surface area contributed by atoms with Crippen LogP contribution in [0.4, 0.5) is 0 Å². The monoisotopic (exact) mass is 434 g/mol. The van der Waals surface area contributed by atoms with E-state index in [0.29, 0.717) is 11.7 Å². The summed E-state index contributed by atoms with van der Waals surface area (Å²) in [6.45, 7) is 0. The fourth-order valence-electron chi connectivity index (χ4n) is 2.81. The molecule has 0 radical (unpaired) electrons. The first-order valence-corrected chi connectivity index (χ1v) is 11.8. The van der Waals surface area contributed by atoms with Crippen LogP contribution in [0.15, 0.2) is 88.9 Å². The lowest BCUT2D eigenvalue weighted by Crippen LogP contribution is -2.31. The van der Waals surface area contributed by atoms with Gasteiger partial charge in [0.1, 0.15) is 11.9 Å². The number of carbonyl (C=O) groups is 1. The normalized spacial score (nSPS) is 13.7. The Morgan fingerprint density at radius 2 is 1.87 bits per heavy atom. The van der Waals surface area contributed by atoms with Gasteiger partial charge < -0.3 is 4.74 Å². The van der Waals surface area contributed by atoms with E-state index < -0.39 is 0 Å². The minimum Gasteiger partial charge on any atom is -0.489 e. The molecule has 0 aliphatic carbocycles. The number of hydrogen-bond donors (Lipinski definition) is 1. The predicted octanol–water partition coefficient (Wildman–Crippen LogP) is 5.24. The molecule has 0 spiro atoms. The third kappa shape index (κ3) is 5.90. The predicted molar refractivity (Wildman–Crippen MR) is 126 cm³/mol. The van der Waals surface area contributed by atoms with Crippen LogP contribution in [0.3, 0.4) is 0 Å². The lowest BCUT2D eigenvalue weighted by Gasteiger charge is -2.25. The summed E-state index contributed by atoms with van der Waals surface area (Å²) >= 11 is 3.66. The van der Waals surface area contributed by atoms with Gasteiger partial charge in [0, 0.05) is 27.7 Å². The van der Waals surface area contributed by atoms with Crippen LogP contribution in [0.1, 0.15) is 21.5 Å². The van der Waals surface area contributed by atoms with Gasteiger partial charge in [0.2, 0.25) is 0 Å². The SMILES string of the molecule is O=C(N/N=C\c1cccc(OC2CSC2)c1)c1ccc(CSc2ccccc2)cc1. The zero-order valence-corrected chi connectivity index (χ0v) is 18.0. The Morgan fingerprint density at radius 1 is 1.07 bits per heavy atom. The lowest BCUT2D eigenvalue weighted by atomic mass is 10.1. The van der Waals surface area contributed by atoms with Crippen LogP contribution >= 0.6 is 23.5 Å². The van der Waals surface area contributed by atoms with Gasteiger partial charge in [0.05, 0.1) is 6.21 Å². The van der Waals surface area contributed by atoms with E-state index in [-0.39, 0.29) is 5.91 Å². The largest absolute Gasteiger partial charge is 0.489 e. The quantitative estimate of drug-likeness (QED) is 0.299. The van der Waals surface area contributed by atoms with Gasteiger partial charge in [-0.3, -0.25) is 4.79 Å². The second kappa shape index (κ2) is 10.4. The number of nitrogens with one attached hydrogen (secondary N) is 1. The number of rotatable bonds is 8. The van der Waals surface area contributed by atoms with Gasteiger partial charge in [-0.1, -0.05) is 42.5 Å². The second-order valence-corrected chi connectivity index (χ2v) is 8.97. The van der Waals surface area contributed by atoms with Crippen molar-refractivity contribution in [3.8, 4) is 5.75 Å². The molecule has 3 aromatic rings. The van der Waals surface area contributed by atoms with E-state index >= 15 is 0 Å². The van der Waals surface area contributed by atoms with Crippen molar-refractivity contribution in [3.05, 3.63) is 95.6 Å². The second-order valence-electron chi connectivity index (χ2n) is 6.85. The average Bonchev–Trinajstić information content (AvgIpc) is 2.76. The summed E-state index contributed by atoms with van der Waals surface area (Å²) in [5.41, 5.74) is 5.23. The highest BCUT2D eigenvalue weighted by Crippen LogP contribution is 2.24.